The molecular formula is C20H23N7O2. The van der Waals surface area contributed by atoms with E-state index in [1.54, 1.807) is 23.9 Å². The molecule has 4 rings (SSSR count). The maximum absolute atomic E-state index is 13.2. The third kappa shape index (κ3) is 3.39. The number of aryl methyl sites for hydroxylation is 4. The fourth-order valence-electron chi connectivity index (χ4n) is 3.45. The van der Waals surface area contributed by atoms with Gasteiger partial charge in [0.1, 0.15) is 0 Å². The summed E-state index contributed by atoms with van der Waals surface area (Å²) in [6.07, 6.45) is 5.50. The fraction of sp³-hybridized carbons (Fsp3) is 0.350. The van der Waals surface area contributed by atoms with Crippen molar-refractivity contribution in [3.63, 3.8) is 0 Å². The first-order chi connectivity index (χ1) is 13.9. The lowest BCUT2D eigenvalue weighted by Gasteiger charge is -2.14. The maximum Gasteiger partial charge on any atom is 0.259 e. The third-order valence-corrected chi connectivity index (χ3v) is 4.98. The molecular weight excluding hydrogens is 370 g/mol. The van der Waals surface area contributed by atoms with Gasteiger partial charge in [-0.2, -0.15) is 10.2 Å². The van der Waals surface area contributed by atoms with E-state index in [-0.39, 0.29) is 11.9 Å². The number of amides is 1. The number of hydrogen-bond acceptors (Lipinski definition) is 6. The second-order valence-electron chi connectivity index (χ2n) is 7.13. The highest BCUT2D eigenvalue weighted by Crippen LogP contribution is 2.27. The Balaban J connectivity index is 1.72. The van der Waals surface area contributed by atoms with Crippen molar-refractivity contribution in [3.8, 4) is 11.3 Å². The van der Waals surface area contributed by atoms with Gasteiger partial charge in [0.2, 0.25) is 0 Å². The van der Waals surface area contributed by atoms with E-state index in [1.165, 1.54) is 0 Å². The summed E-state index contributed by atoms with van der Waals surface area (Å²) in [6, 6.07) is 1.56. The number of aromatic nitrogens is 6. The number of rotatable bonds is 5. The monoisotopic (exact) mass is 393 g/mol. The molecule has 0 aliphatic heterocycles. The normalized spacial score (nSPS) is 12.4. The van der Waals surface area contributed by atoms with Gasteiger partial charge in [0.25, 0.3) is 11.6 Å². The average Bonchev–Trinajstić information content (AvgIpc) is 3.39. The predicted octanol–water partition coefficient (Wildman–Crippen LogP) is 2.95. The first kappa shape index (κ1) is 18.9. The molecule has 29 heavy (non-hydrogen) atoms. The van der Waals surface area contributed by atoms with Crippen LogP contribution in [0.2, 0.25) is 0 Å². The molecule has 1 atom stereocenters. The molecule has 9 nitrogen and oxygen atoms in total. The van der Waals surface area contributed by atoms with Gasteiger partial charge in [-0.05, 0) is 33.8 Å². The Morgan fingerprint density at radius 1 is 1.28 bits per heavy atom. The van der Waals surface area contributed by atoms with Crippen LogP contribution < -0.4 is 5.32 Å². The maximum atomic E-state index is 13.2. The smallest absolute Gasteiger partial charge is 0.259 e. The van der Waals surface area contributed by atoms with Crippen molar-refractivity contribution in [1.82, 2.24) is 35.0 Å². The zero-order valence-electron chi connectivity index (χ0n) is 17.1. The highest BCUT2D eigenvalue weighted by molar-refractivity contribution is 6.07. The summed E-state index contributed by atoms with van der Waals surface area (Å²) in [5.74, 6) is -0.218. The van der Waals surface area contributed by atoms with Crippen LogP contribution >= 0.6 is 0 Å². The highest BCUT2D eigenvalue weighted by atomic mass is 16.5. The van der Waals surface area contributed by atoms with Gasteiger partial charge in [-0.3, -0.25) is 14.2 Å². The molecule has 0 aliphatic rings. The Hall–Kier alpha value is -3.49. The Morgan fingerprint density at radius 2 is 2.07 bits per heavy atom. The summed E-state index contributed by atoms with van der Waals surface area (Å²) in [5.41, 5.74) is 4.71. The molecule has 4 aromatic heterocycles. The predicted molar refractivity (Wildman–Crippen MR) is 107 cm³/mol. The van der Waals surface area contributed by atoms with Crippen LogP contribution in [0.25, 0.3) is 22.4 Å². The standard InChI is InChI=1S/C20H23N7O2/c1-6-27-10-16(12(3)24-27)11(2)22-19(28)15-7-17(14-8-21-26(5)9-14)23-20-18(15)13(4)25-29-20/h7-11H,6H2,1-5H3,(H,22,28)/t11-/m1/s1. The molecule has 150 valence electrons. The molecule has 0 bridgehead atoms. The van der Waals surface area contributed by atoms with Crippen LogP contribution in [0.1, 0.15) is 47.2 Å². The molecule has 0 radical (unpaired) electrons. The zero-order chi connectivity index (χ0) is 20.7. The number of nitrogens with zero attached hydrogens (tertiary/aromatic N) is 6. The largest absolute Gasteiger partial charge is 0.345 e. The average molecular weight is 393 g/mol. The lowest BCUT2D eigenvalue weighted by Crippen LogP contribution is -2.27. The van der Waals surface area contributed by atoms with E-state index in [2.05, 4.69) is 25.7 Å². The van der Waals surface area contributed by atoms with Crippen molar-refractivity contribution in [2.24, 2.45) is 7.05 Å². The van der Waals surface area contributed by atoms with Crippen LogP contribution in [0.4, 0.5) is 0 Å². The summed E-state index contributed by atoms with van der Waals surface area (Å²) in [7, 11) is 1.83. The first-order valence-electron chi connectivity index (χ1n) is 9.48. The van der Waals surface area contributed by atoms with Crippen molar-refractivity contribution in [3.05, 3.63) is 47.2 Å². The Kier molecular flexibility index (Phi) is 4.65. The van der Waals surface area contributed by atoms with Crippen molar-refractivity contribution in [2.45, 2.75) is 40.3 Å². The van der Waals surface area contributed by atoms with Crippen molar-refractivity contribution in [2.75, 3.05) is 0 Å². The van der Waals surface area contributed by atoms with Gasteiger partial charge >= 0.3 is 0 Å². The van der Waals surface area contributed by atoms with Crippen LogP contribution in [0, 0.1) is 13.8 Å². The number of pyridine rings is 1. The van der Waals surface area contributed by atoms with Gasteiger partial charge in [0.15, 0.2) is 0 Å². The SMILES string of the molecule is CCn1cc([C@@H](C)NC(=O)c2cc(-c3cnn(C)c3)nc3onc(C)c23)c(C)n1. The summed E-state index contributed by atoms with van der Waals surface area (Å²) in [5, 5.41) is 16.3. The number of carbonyl (C=O) groups excluding carboxylic acids is 1. The number of nitrogens with one attached hydrogen (secondary N) is 1. The summed E-state index contributed by atoms with van der Waals surface area (Å²) in [4.78, 5) is 17.7. The quantitative estimate of drug-likeness (QED) is 0.559. The summed E-state index contributed by atoms with van der Waals surface area (Å²) in [6.45, 7) is 8.50. The van der Waals surface area contributed by atoms with Gasteiger partial charge in [0, 0.05) is 37.1 Å². The van der Waals surface area contributed by atoms with E-state index >= 15 is 0 Å². The fourth-order valence-corrected chi connectivity index (χ4v) is 3.45. The second-order valence-corrected chi connectivity index (χ2v) is 7.13. The molecule has 4 heterocycles. The van der Waals surface area contributed by atoms with Gasteiger partial charge in [0.05, 0.1) is 40.3 Å². The van der Waals surface area contributed by atoms with E-state index in [0.717, 1.165) is 23.4 Å². The first-order valence-corrected chi connectivity index (χ1v) is 9.48. The van der Waals surface area contributed by atoms with E-state index in [0.29, 0.717) is 28.1 Å². The van der Waals surface area contributed by atoms with Gasteiger partial charge < -0.3 is 9.84 Å². The zero-order valence-corrected chi connectivity index (χ0v) is 17.1. The molecule has 4 aromatic rings. The van der Waals surface area contributed by atoms with Crippen LogP contribution in [0.3, 0.4) is 0 Å². The van der Waals surface area contributed by atoms with E-state index < -0.39 is 0 Å². The number of hydrogen-bond donors (Lipinski definition) is 1. The molecule has 0 unspecified atom stereocenters. The molecule has 0 aliphatic carbocycles. The molecule has 9 heteroatoms. The lowest BCUT2D eigenvalue weighted by atomic mass is 10.1. The van der Waals surface area contributed by atoms with E-state index in [1.807, 2.05) is 44.9 Å². The van der Waals surface area contributed by atoms with Crippen LogP contribution in [-0.4, -0.2) is 35.6 Å². The highest BCUT2D eigenvalue weighted by Gasteiger charge is 2.22. The van der Waals surface area contributed by atoms with Crippen molar-refractivity contribution < 1.29 is 9.32 Å². The third-order valence-electron chi connectivity index (χ3n) is 4.98. The van der Waals surface area contributed by atoms with Gasteiger partial charge in [-0.1, -0.05) is 5.16 Å². The van der Waals surface area contributed by atoms with Crippen LogP contribution in [0.5, 0.6) is 0 Å². The van der Waals surface area contributed by atoms with Gasteiger partial charge in [-0.25, -0.2) is 4.98 Å². The summed E-state index contributed by atoms with van der Waals surface area (Å²) < 4.78 is 8.90. The minimum atomic E-state index is -0.218. The number of carbonyl (C=O) groups is 1. The minimum Gasteiger partial charge on any atom is -0.345 e. The van der Waals surface area contributed by atoms with E-state index in [9.17, 15) is 4.79 Å². The van der Waals surface area contributed by atoms with Crippen LogP contribution in [-0.2, 0) is 13.6 Å². The van der Waals surface area contributed by atoms with Crippen molar-refractivity contribution >= 4 is 17.0 Å². The second kappa shape index (κ2) is 7.16. The molecule has 1 amide bonds. The Morgan fingerprint density at radius 3 is 2.72 bits per heavy atom. The molecule has 1 N–H and O–H groups in total. The number of fused-ring (bicyclic) bond motifs is 1. The molecule has 0 saturated heterocycles. The Bertz CT molecular complexity index is 1200. The molecule has 0 fully saturated rings. The van der Waals surface area contributed by atoms with Gasteiger partial charge in [-0.15, -0.1) is 0 Å². The Labute approximate surface area is 167 Å². The molecule has 0 spiro atoms. The lowest BCUT2D eigenvalue weighted by molar-refractivity contribution is 0.0941. The molecule has 0 saturated carbocycles. The summed E-state index contributed by atoms with van der Waals surface area (Å²) >= 11 is 0. The minimum absolute atomic E-state index is 0.201. The van der Waals surface area contributed by atoms with Crippen LogP contribution in [0.15, 0.2) is 29.2 Å². The topological polar surface area (TPSA) is 104 Å². The van der Waals surface area contributed by atoms with E-state index in [4.69, 9.17) is 4.52 Å². The molecule has 0 aromatic carbocycles. The van der Waals surface area contributed by atoms with Crippen molar-refractivity contribution in [1.29, 1.82) is 0 Å².